The van der Waals surface area contributed by atoms with Crippen molar-refractivity contribution in [2.24, 2.45) is 11.3 Å². The zero-order valence-corrected chi connectivity index (χ0v) is 11.6. The van der Waals surface area contributed by atoms with Gasteiger partial charge in [0.05, 0.1) is 0 Å². The lowest BCUT2D eigenvalue weighted by Gasteiger charge is -2.37. The van der Waals surface area contributed by atoms with Gasteiger partial charge in [-0.15, -0.1) is 0 Å². The van der Waals surface area contributed by atoms with E-state index in [0.717, 1.165) is 5.92 Å². The van der Waals surface area contributed by atoms with Crippen LogP contribution in [0.5, 0.6) is 0 Å². The van der Waals surface area contributed by atoms with Gasteiger partial charge in [0.25, 0.3) is 0 Å². The molecule has 1 saturated heterocycles. The number of piperidine rings is 1. The van der Waals surface area contributed by atoms with Gasteiger partial charge in [0.2, 0.25) is 0 Å². The molecule has 1 aliphatic heterocycles. The standard InChI is InChI=1S/C15H31N/c1-4-5-6-7-8-11-15(2,3)14-9-12-16-13-10-14/h14,16H,4-13H2,1-3H3. The van der Waals surface area contributed by atoms with Crippen molar-refractivity contribution in [1.29, 1.82) is 0 Å². The third-order valence-corrected chi connectivity index (χ3v) is 4.37. The number of hydrogen-bond acceptors (Lipinski definition) is 1. The van der Waals surface area contributed by atoms with Crippen molar-refractivity contribution < 1.29 is 0 Å². The first-order valence-corrected chi connectivity index (χ1v) is 7.37. The van der Waals surface area contributed by atoms with Crippen LogP contribution in [0.25, 0.3) is 0 Å². The lowest BCUT2D eigenvalue weighted by atomic mass is 9.71. The molecule has 96 valence electrons. The fourth-order valence-corrected chi connectivity index (χ4v) is 2.99. The summed E-state index contributed by atoms with van der Waals surface area (Å²) in [6.07, 6.45) is 11.3. The molecule has 1 N–H and O–H groups in total. The van der Waals surface area contributed by atoms with Crippen LogP contribution in [-0.2, 0) is 0 Å². The molecular weight excluding hydrogens is 194 g/mol. The highest BCUT2D eigenvalue weighted by atomic mass is 14.9. The lowest BCUT2D eigenvalue weighted by molar-refractivity contribution is 0.149. The van der Waals surface area contributed by atoms with Crippen LogP contribution in [0, 0.1) is 11.3 Å². The van der Waals surface area contributed by atoms with E-state index >= 15 is 0 Å². The average molecular weight is 225 g/mol. The van der Waals surface area contributed by atoms with Crippen LogP contribution < -0.4 is 5.32 Å². The Balaban J connectivity index is 2.16. The number of rotatable bonds is 7. The fourth-order valence-electron chi connectivity index (χ4n) is 2.99. The maximum absolute atomic E-state index is 3.47. The first-order chi connectivity index (χ1) is 7.67. The van der Waals surface area contributed by atoms with E-state index in [-0.39, 0.29) is 0 Å². The quantitative estimate of drug-likeness (QED) is 0.634. The normalized spacial score (nSPS) is 18.9. The highest BCUT2D eigenvalue weighted by Gasteiger charge is 2.29. The van der Waals surface area contributed by atoms with Crippen LogP contribution in [0.15, 0.2) is 0 Å². The average Bonchev–Trinajstić information content (AvgIpc) is 2.30. The molecule has 0 aromatic heterocycles. The van der Waals surface area contributed by atoms with E-state index in [1.165, 1.54) is 64.5 Å². The van der Waals surface area contributed by atoms with Crippen LogP contribution in [0.4, 0.5) is 0 Å². The highest BCUT2D eigenvalue weighted by molar-refractivity contribution is 4.82. The van der Waals surface area contributed by atoms with Gasteiger partial charge in [-0.1, -0.05) is 52.9 Å². The molecule has 1 heteroatoms. The van der Waals surface area contributed by atoms with Gasteiger partial charge in [-0.25, -0.2) is 0 Å². The second-order valence-corrected chi connectivity index (χ2v) is 6.18. The van der Waals surface area contributed by atoms with Crippen molar-refractivity contribution in [3.63, 3.8) is 0 Å². The van der Waals surface area contributed by atoms with E-state index in [9.17, 15) is 0 Å². The molecule has 0 atom stereocenters. The van der Waals surface area contributed by atoms with Crippen molar-refractivity contribution in [3.8, 4) is 0 Å². The second-order valence-electron chi connectivity index (χ2n) is 6.18. The molecule has 0 unspecified atom stereocenters. The topological polar surface area (TPSA) is 12.0 Å². The summed E-state index contributed by atoms with van der Waals surface area (Å²) in [6, 6.07) is 0. The molecule has 0 amide bonds. The molecule has 1 nitrogen and oxygen atoms in total. The summed E-state index contributed by atoms with van der Waals surface area (Å²) in [4.78, 5) is 0. The number of hydrogen-bond donors (Lipinski definition) is 1. The monoisotopic (exact) mass is 225 g/mol. The number of unbranched alkanes of at least 4 members (excludes halogenated alkanes) is 4. The Morgan fingerprint density at radius 3 is 2.25 bits per heavy atom. The van der Waals surface area contributed by atoms with Gasteiger partial charge in [0, 0.05) is 0 Å². The van der Waals surface area contributed by atoms with E-state index < -0.39 is 0 Å². The smallest absolute Gasteiger partial charge is 0.00461 e. The minimum Gasteiger partial charge on any atom is -0.317 e. The minimum absolute atomic E-state index is 0.578. The molecule has 1 heterocycles. The van der Waals surface area contributed by atoms with Gasteiger partial charge in [0.1, 0.15) is 0 Å². The number of nitrogens with one attached hydrogen (secondary N) is 1. The van der Waals surface area contributed by atoms with Crippen molar-refractivity contribution in [2.75, 3.05) is 13.1 Å². The van der Waals surface area contributed by atoms with Crippen molar-refractivity contribution >= 4 is 0 Å². The molecule has 1 aliphatic rings. The fraction of sp³-hybridized carbons (Fsp3) is 1.00. The lowest BCUT2D eigenvalue weighted by Crippen LogP contribution is -2.35. The van der Waals surface area contributed by atoms with Crippen LogP contribution >= 0.6 is 0 Å². The summed E-state index contributed by atoms with van der Waals surface area (Å²) < 4.78 is 0. The summed E-state index contributed by atoms with van der Waals surface area (Å²) >= 11 is 0. The Hall–Kier alpha value is -0.0400. The maximum Gasteiger partial charge on any atom is -0.00461 e. The predicted molar refractivity (Wildman–Crippen MR) is 72.8 cm³/mol. The Labute approximate surface area is 102 Å². The Kier molecular flexibility index (Phi) is 6.41. The van der Waals surface area contributed by atoms with E-state index in [2.05, 4.69) is 26.1 Å². The van der Waals surface area contributed by atoms with E-state index in [1.54, 1.807) is 0 Å². The molecule has 0 spiro atoms. The first-order valence-electron chi connectivity index (χ1n) is 7.37. The first kappa shape index (κ1) is 14.0. The van der Waals surface area contributed by atoms with Gasteiger partial charge in [-0.2, -0.15) is 0 Å². The third-order valence-electron chi connectivity index (χ3n) is 4.37. The molecule has 1 fully saturated rings. The van der Waals surface area contributed by atoms with Gasteiger partial charge in [0.15, 0.2) is 0 Å². The Morgan fingerprint density at radius 1 is 1.00 bits per heavy atom. The van der Waals surface area contributed by atoms with Crippen LogP contribution in [0.1, 0.15) is 72.1 Å². The molecule has 0 aromatic rings. The zero-order chi connectivity index (χ0) is 11.9. The van der Waals surface area contributed by atoms with Gasteiger partial charge < -0.3 is 5.32 Å². The maximum atomic E-state index is 3.47. The van der Waals surface area contributed by atoms with Crippen molar-refractivity contribution in [3.05, 3.63) is 0 Å². The van der Waals surface area contributed by atoms with E-state index in [1.807, 2.05) is 0 Å². The molecular formula is C15H31N. The van der Waals surface area contributed by atoms with Crippen LogP contribution in [0.3, 0.4) is 0 Å². The molecule has 0 aliphatic carbocycles. The van der Waals surface area contributed by atoms with E-state index in [4.69, 9.17) is 0 Å². The van der Waals surface area contributed by atoms with Gasteiger partial charge in [-0.05, 0) is 43.7 Å². The predicted octanol–water partition coefficient (Wildman–Crippen LogP) is 4.37. The third kappa shape index (κ3) is 4.86. The van der Waals surface area contributed by atoms with Gasteiger partial charge in [-0.3, -0.25) is 0 Å². The highest BCUT2D eigenvalue weighted by Crippen LogP contribution is 2.37. The molecule has 0 radical (unpaired) electrons. The molecule has 0 saturated carbocycles. The zero-order valence-electron chi connectivity index (χ0n) is 11.6. The molecule has 16 heavy (non-hydrogen) atoms. The molecule has 0 bridgehead atoms. The molecule has 1 rings (SSSR count). The van der Waals surface area contributed by atoms with Gasteiger partial charge >= 0.3 is 0 Å². The SMILES string of the molecule is CCCCCCCC(C)(C)C1CCNCC1. The van der Waals surface area contributed by atoms with Crippen LogP contribution in [-0.4, -0.2) is 13.1 Å². The summed E-state index contributed by atoms with van der Waals surface area (Å²) in [5.41, 5.74) is 0.578. The second kappa shape index (κ2) is 7.32. The largest absolute Gasteiger partial charge is 0.317 e. The molecule has 0 aromatic carbocycles. The van der Waals surface area contributed by atoms with Crippen molar-refractivity contribution in [2.45, 2.75) is 72.1 Å². The summed E-state index contributed by atoms with van der Waals surface area (Å²) in [5, 5.41) is 3.47. The Morgan fingerprint density at radius 2 is 1.62 bits per heavy atom. The summed E-state index contributed by atoms with van der Waals surface area (Å²) in [5.74, 6) is 0.958. The summed E-state index contributed by atoms with van der Waals surface area (Å²) in [7, 11) is 0. The summed E-state index contributed by atoms with van der Waals surface area (Å²) in [6.45, 7) is 9.75. The minimum atomic E-state index is 0.578. The van der Waals surface area contributed by atoms with E-state index in [0.29, 0.717) is 5.41 Å². The Bertz CT molecular complexity index is 168. The van der Waals surface area contributed by atoms with Crippen molar-refractivity contribution in [1.82, 2.24) is 5.32 Å². The van der Waals surface area contributed by atoms with Crippen LogP contribution in [0.2, 0.25) is 0 Å².